The molecule has 5 heteroatoms. The van der Waals surface area contributed by atoms with Crippen molar-refractivity contribution < 1.29 is 0 Å². The minimum atomic E-state index is -0.199. The van der Waals surface area contributed by atoms with Crippen molar-refractivity contribution in [2.45, 2.75) is 31.6 Å². The first-order chi connectivity index (χ1) is 8.77. The third-order valence-corrected chi connectivity index (χ3v) is 3.60. The summed E-state index contributed by atoms with van der Waals surface area (Å²) in [6.45, 7) is 0. The van der Waals surface area contributed by atoms with Gasteiger partial charge < -0.3 is 5.73 Å². The van der Waals surface area contributed by atoms with Gasteiger partial charge in [-0.15, -0.1) is 0 Å². The molecule has 0 atom stereocenters. The van der Waals surface area contributed by atoms with Gasteiger partial charge in [-0.2, -0.15) is 4.68 Å². The van der Waals surface area contributed by atoms with Crippen LogP contribution in [0.4, 0.5) is 5.69 Å². The smallest absolute Gasteiger partial charge is 0.296 e. The molecular weight excluding hydrogens is 228 g/mol. The van der Waals surface area contributed by atoms with Crippen molar-refractivity contribution in [2.24, 2.45) is 0 Å². The summed E-state index contributed by atoms with van der Waals surface area (Å²) in [6, 6.07) is 5.45. The molecule has 2 aromatic rings. The van der Waals surface area contributed by atoms with Gasteiger partial charge in [0.1, 0.15) is 5.69 Å². The molecular formula is C13H16N4O. The summed E-state index contributed by atoms with van der Waals surface area (Å²) < 4.78 is 1.43. The Morgan fingerprint density at radius 2 is 2.11 bits per heavy atom. The maximum Gasteiger partial charge on any atom is 0.296 e. The third kappa shape index (κ3) is 1.72. The highest BCUT2D eigenvalue weighted by molar-refractivity contribution is 5.45. The van der Waals surface area contributed by atoms with E-state index in [1.54, 1.807) is 12.3 Å². The summed E-state index contributed by atoms with van der Waals surface area (Å²) in [5.74, 6) is 0.973. The van der Waals surface area contributed by atoms with Crippen LogP contribution >= 0.6 is 0 Å². The normalized spacial score (nSPS) is 16.2. The lowest BCUT2D eigenvalue weighted by molar-refractivity contribution is 0.674. The highest BCUT2D eigenvalue weighted by Gasteiger charge is 2.24. The molecule has 0 aliphatic heterocycles. The summed E-state index contributed by atoms with van der Waals surface area (Å²) in [4.78, 5) is 16.3. The van der Waals surface area contributed by atoms with Crippen molar-refractivity contribution >= 4 is 5.69 Å². The molecule has 1 fully saturated rings. The van der Waals surface area contributed by atoms with Crippen LogP contribution in [0.2, 0.25) is 0 Å². The Morgan fingerprint density at radius 3 is 2.78 bits per heavy atom. The average Bonchev–Trinajstić information content (AvgIpc) is 3.01. The molecule has 18 heavy (non-hydrogen) atoms. The molecule has 1 saturated carbocycles. The number of hydrogen-bond acceptors (Lipinski definition) is 3. The number of nitrogens with two attached hydrogens (primary N) is 1. The van der Waals surface area contributed by atoms with Crippen LogP contribution in [0.3, 0.4) is 0 Å². The first-order valence-electron chi connectivity index (χ1n) is 6.29. The highest BCUT2D eigenvalue weighted by Crippen LogP contribution is 2.34. The Kier molecular flexibility index (Phi) is 2.66. The van der Waals surface area contributed by atoms with Gasteiger partial charge in [0.2, 0.25) is 0 Å². The largest absolute Gasteiger partial charge is 0.393 e. The van der Waals surface area contributed by atoms with E-state index in [2.05, 4.69) is 10.1 Å². The predicted molar refractivity (Wildman–Crippen MR) is 69.8 cm³/mol. The number of hydrogen-bond donors (Lipinski definition) is 2. The van der Waals surface area contributed by atoms with E-state index in [9.17, 15) is 4.79 Å². The zero-order chi connectivity index (χ0) is 12.5. The number of aromatic amines is 1. The van der Waals surface area contributed by atoms with Crippen LogP contribution in [0.25, 0.3) is 5.82 Å². The van der Waals surface area contributed by atoms with Gasteiger partial charge in [-0.3, -0.25) is 9.89 Å². The summed E-state index contributed by atoms with van der Waals surface area (Å²) >= 11 is 0. The number of H-pyrrole nitrogens is 1. The molecule has 3 N–H and O–H groups in total. The Bertz CT molecular complexity index is 593. The maximum atomic E-state index is 12.1. The van der Waals surface area contributed by atoms with Crippen LogP contribution in [0.15, 0.2) is 29.2 Å². The lowest BCUT2D eigenvalue weighted by Crippen LogP contribution is -2.17. The number of nitrogen functional groups attached to an aromatic ring is 1. The Balaban J connectivity index is 2.07. The topological polar surface area (TPSA) is 76.7 Å². The van der Waals surface area contributed by atoms with Gasteiger partial charge in [0.25, 0.3) is 5.56 Å². The lowest BCUT2D eigenvalue weighted by atomic mass is 10.0. The van der Waals surface area contributed by atoms with Gasteiger partial charge in [-0.25, -0.2) is 4.98 Å². The fourth-order valence-corrected chi connectivity index (χ4v) is 2.64. The summed E-state index contributed by atoms with van der Waals surface area (Å²) in [5, 5.41) is 3.12. The number of pyridine rings is 1. The van der Waals surface area contributed by atoms with Gasteiger partial charge >= 0.3 is 0 Å². The van der Waals surface area contributed by atoms with Crippen molar-refractivity contribution in [3.63, 3.8) is 0 Å². The Hall–Kier alpha value is -2.04. The van der Waals surface area contributed by atoms with Gasteiger partial charge in [0.15, 0.2) is 5.82 Å². The number of nitrogens with zero attached hydrogens (tertiary/aromatic N) is 2. The molecule has 5 nitrogen and oxygen atoms in total. The number of rotatable bonds is 2. The van der Waals surface area contributed by atoms with Gasteiger partial charge in [-0.1, -0.05) is 18.9 Å². The highest BCUT2D eigenvalue weighted by atomic mass is 16.1. The molecule has 2 aromatic heterocycles. The van der Waals surface area contributed by atoms with E-state index in [0.717, 1.165) is 18.5 Å². The minimum Gasteiger partial charge on any atom is -0.393 e. The van der Waals surface area contributed by atoms with E-state index in [0.29, 0.717) is 17.4 Å². The van der Waals surface area contributed by atoms with E-state index < -0.39 is 0 Å². The molecule has 3 rings (SSSR count). The van der Waals surface area contributed by atoms with Gasteiger partial charge in [-0.05, 0) is 25.0 Å². The second kappa shape index (κ2) is 4.33. The van der Waals surface area contributed by atoms with Crippen molar-refractivity contribution in [1.29, 1.82) is 0 Å². The standard InChI is InChI=1S/C13H16N4O/c14-11-12(9-5-1-2-6-9)16-17(13(11)18)10-7-3-4-8-15-10/h3-4,7-9,16H,1-2,5-6,14H2. The van der Waals surface area contributed by atoms with Crippen LogP contribution in [-0.2, 0) is 0 Å². The lowest BCUT2D eigenvalue weighted by Gasteiger charge is -2.06. The van der Waals surface area contributed by atoms with Crippen molar-refractivity contribution in [3.05, 3.63) is 40.4 Å². The van der Waals surface area contributed by atoms with E-state index in [1.807, 2.05) is 12.1 Å². The average molecular weight is 244 g/mol. The molecule has 0 aromatic carbocycles. The number of aromatic nitrogens is 3. The Morgan fingerprint density at radius 1 is 1.33 bits per heavy atom. The fourth-order valence-electron chi connectivity index (χ4n) is 2.64. The first-order valence-corrected chi connectivity index (χ1v) is 6.29. The second-order valence-corrected chi connectivity index (χ2v) is 4.75. The predicted octanol–water partition coefficient (Wildman–Crippen LogP) is 1.80. The summed E-state index contributed by atoms with van der Waals surface area (Å²) in [7, 11) is 0. The maximum absolute atomic E-state index is 12.1. The summed E-state index contributed by atoms with van der Waals surface area (Å²) in [6.07, 6.45) is 6.29. The zero-order valence-corrected chi connectivity index (χ0v) is 10.1. The second-order valence-electron chi connectivity index (χ2n) is 4.75. The molecule has 2 heterocycles. The van der Waals surface area contributed by atoms with Crippen molar-refractivity contribution in [3.8, 4) is 5.82 Å². The van der Waals surface area contributed by atoms with Crippen LogP contribution in [0, 0.1) is 0 Å². The molecule has 94 valence electrons. The number of anilines is 1. The monoisotopic (exact) mass is 244 g/mol. The SMILES string of the molecule is Nc1c(C2CCCC2)[nH]n(-c2ccccn2)c1=O. The van der Waals surface area contributed by atoms with E-state index in [4.69, 9.17) is 5.73 Å². The first kappa shape index (κ1) is 11.1. The quantitative estimate of drug-likeness (QED) is 0.845. The molecule has 1 aliphatic rings. The third-order valence-electron chi connectivity index (χ3n) is 3.60. The van der Waals surface area contributed by atoms with Crippen molar-refractivity contribution in [2.75, 3.05) is 5.73 Å². The zero-order valence-electron chi connectivity index (χ0n) is 10.1. The molecule has 0 saturated heterocycles. The summed E-state index contributed by atoms with van der Waals surface area (Å²) in [5.41, 5.74) is 6.95. The van der Waals surface area contributed by atoms with Crippen LogP contribution < -0.4 is 11.3 Å². The number of nitrogens with one attached hydrogen (secondary N) is 1. The van der Waals surface area contributed by atoms with Crippen LogP contribution in [-0.4, -0.2) is 14.8 Å². The molecule has 0 radical (unpaired) electrons. The van der Waals surface area contributed by atoms with Crippen LogP contribution in [0.1, 0.15) is 37.3 Å². The molecule has 0 bridgehead atoms. The Labute approximate surface area is 105 Å². The minimum absolute atomic E-state index is 0.199. The van der Waals surface area contributed by atoms with E-state index >= 15 is 0 Å². The molecule has 0 spiro atoms. The van der Waals surface area contributed by atoms with E-state index in [1.165, 1.54) is 17.5 Å². The van der Waals surface area contributed by atoms with Gasteiger partial charge in [0, 0.05) is 12.1 Å². The molecule has 0 unspecified atom stereocenters. The van der Waals surface area contributed by atoms with Crippen LogP contribution in [0.5, 0.6) is 0 Å². The molecule has 0 amide bonds. The van der Waals surface area contributed by atoms with Crippen molar-refractivity contribution in [1.82, 2.24) is 14.8 Å². The van der Waals surface area contributed by atoms with Gasteiger partial charge in [0.05, 0.1) is 5.69 Å². The molecule has 1 aliphatic carbocycles. The van der Waals surface area contributed by atoms with E-state index in [-0.39, 0.29) is 5.56 Å². The fraction of sp³-hybridized carbons (Fsp3) is 0.385.